The van der Waals surface area contributed by atoms with Crippen LogP contribution >= 0.6 is 0 Å². The first-order valence-corrected chi connectivity index (χ1v) is 8.45. The maximum Gasteiger partial charge on any atom is 0.254 e. The molecule has 0 aromatic heterocycles. The number of ether oxygens (including phenoxy) is 1. The molecule has 1 N–H and O–H groups in total. The van der Waals surface area contributed by atoms with Crippen molar-refractivity contribution in [2.24, 2.45) is 5.41 Å². The molecule has 0 unspecified atom stereocenters. The van der Waals surface area contributed by atoms with E-state index in [1.54, 1.807) is 0 Å². The van der Waals surface area contributed by atoms with E-state index in [0.717, 1.165) is 50.3 Å². The van der Waals surface area contributed by atoms with Gasteiger partial charge >= 0.3 is 0 Å². The Morgan fingerprint density at radius 3 is 2.91 bits per heavy atom. The maximum atomic E-state index is 12.8. The van der Waals surface area contributed by atoms with Crippen molar-refractivity contribution in [1.82, 2.24) is 10.2 Å². The molecule has 0 aliphatic carbocycles. The largest absolute Gasteiger partial charge is 0.494 e. The summed E-state index contributed by atoms with van der Waals surface area (Å²) >= 11 is 0. The van der Waals surface area contributed by atoms with Gasteiger partial charge in [-0.1, -0.05) is 13.0 Å². The monoisotopic (exact) mass is 302 g/mol. The first kappa shape index (κ1) is 15.3. The van der Waals surface area contributed by atoms with Crippen LogP contribution in [0.1, 0.15) is 43.0 Å². The van der Waals surface area contributed by atoms with Crippen LogP contribution in [0.15, 0.2) is 24.3 Å². The second-order valence-corrected chi connectivity index (χ2v) is 6.60. The Kier molecular flexibility index (Phi) is 4.67. The minimum Gasteiger partial charge on any atom is -0.494 e. The van der Waals surface area contributed by atoms with Crippen molar-refractivity contribution in [2.45, 2.75) is 32.6 Å². The van der Waals surface area contributed by atoms with Crippen LogP contribution in [0, 0.1) is 5.41 Å². The molecule has 0 saturated carbocycles. The van der Waals surface area contributed by atoms with E-state index in [1.807, 2.05) is 29.2 Å². The molecule has 2 aliphatic heterocycles. The summed E-state index contributed by atoms with van der Waals surface area (Å²) in [5, 5.41) is 3.42. The molecule has 2 saturated heterocycles. The van der Waals surface area contributed by atoms with E-state index in [9.17, 15) is 4.79 Å². The predicted octanol–water partition coefficient (Wildman–Crippen LogP) is 2.69. The van der Waals surface area contributed by atoms with E-state index in [2.05, 4.69) is 12.2 Å². The van der Waals surface area contributed by atoms with Crippen molar-refractivity contribution in [3.8, 4) is 5.75 Å². The van der Waals surface area contributed by atoms with Gasteiger partial charge < -0.3 is 15.0 Å². The number of rotatable bonds is 4. The molecule has 2 aliphatic rings. The smallest absolute Gasteiger partial charge is 0.254 e. The fraction of sp³-hybridized carbons (Fsp3) is 0.611. The van der Waals surface area contributed by atoms with Crippen molar-refractivity contribution in [3.05, 3.63) is 29.8 Å². The number of piperidine rings is 1. The fourth-order valence-electron chi connectivity index (χ4n) is 3.60. The van der Waals surface area contributed by atoms with Crippen molar-refractivity contribution in [1.29, 1.82) is 0 Å². The van der Waals surface area contributed by atoms with Crippen LogP contribution in [0.3, 0.4) is 0 Å². The number of benzene rings is 1. The van der Waals surface area contributed by atoms with Gasteiger partial charge in [-0.05, 0) is 62.4 Å². The highest BCUT2D eigenvalue weighted by Crippen LogP contribution is 2.39. The van der Waals surface area contributed by atoms with Gasteiger partial charge in [0, 0.05) is 18.7 Å². The zero-order valence-corrected chi connectivity index (χ0v) is 13.4. The normalized spacial score (nSPS) is 20.3. The first-order chi connectivity index (χ1) is 10.7. The van der Waals surface area contributed by atoms with Gasteiger partial charge in [0.15, 0.2) is 0 Å². The molecular weight excluding hydrogens is 276 g/mol. The summed E-state index contributed by atoms with van der Waals surface area (Å²) in [6.07, 6.45) is 4.50. The minimum atomic E-state index is 0.150. The van der Waals surface area contributed by atoms with Gasteiger partial charge in [-0.3, -0.25) is 4.79 Å². The van der Waals surface area contributed by atoms with Crippen LogP contribution in [-0.2, 0) is 0 Å². The number of carbonyl (C=O) groups is 1. The summed E-state index contributed by atoms with van der Waals surface area (Å²) in [4.78, 5) is 14.8. The van der Waals surface area contributed by atoms with Gasteiger partial charge in [-0.2, -0.15) is 0 Å². The lowest BCUT2D eigenvalue weighted by atomic mass is 9.78. The van der Waals surface area contributed by atoms with Crippen LogP contribution in [-0.4, -0.2) is 43.6 Å². The molecule has 3 rings (SSSR count). The lowest BCUT2D eigenvalue weighted by Crippen LogP contribution is -2.39. The van der Waals surface area contributed by atoms with Crippen molar-refractivity contribution in [2.75, 3.05) is 32.8 Å². The first-order valence-electron chi connectivity index (χ1n) is 8.45. The van der Waals surface area contributed by atoms with Crippen LogP contribution in [0.5, 0.6) is 5.75 Å². The van der Waals surface area contributed by atoms with Gasteiger partial charge in [0.05, 0.1) is 6.61 Å². The molecule has 120 valence electrons. The van der Waals surface area contributed by atoms with Crippen LogP contribution in [0.25, 0.3) is 0 Å². The summed E-state index contributed by atoms with van der Waals surface area (Å²) in [6.45, 7) is 6.74. The topological polar surface area (TPSA) is 41.6 Å². The highest BCUT2D eigenvalue weighted by molar-refractivity contribution is 5.94. The van der Waals surface area contributed by atoms with E-state index < -0.39 is 0 Å². The number of amides is 1. The molecule has 4 heteroatoms. The molecule has 4 nitrogen and oxygen atoms in total. The van der Waals surface area contributed by atoms with Gasteiger partial charge in [0.25, 0.3) is 5.91 Å². The molecule has 1 amide bonds. The lowest BCUT2D eigenvalue weighted by molar-refractivity contribution is 0.0761. The third-order valence-corrected chi connectivity index (χ3v) is 4.94. The van der Waals surface area contributed by atoms with E-state index in [0.29, 0.717) is 12.0 Å². The summed E-state index contributed by atoms with van der Waals surface area (Å²) in [6, 6.07) is 7.61. The predicted molar refractivity (Wildman–Crippen MR) is 87.3 cm³/mol. The number of likely N-dealkylation sites (tertiary alicyclic amines) is 1. The van der Waals surface area contributed by atoms with Crippen molar-refractivity contribution in [3.63, 3.8) is 0 Å². The van der Waals surface area contributed by atoms with Gasteiger partial charge in [-0.15, -0.1) is 0 Å². The third kappa shape index (κ3) is 3.27. The van der Waals surface area contributed by atoms with E-state index in [4.69, 9.17) is 4.74 Å². The van der Waals surface area contributed by atoms with Gasteiger partial charge in [0.1, 0.15) is 5.75 Å². The number of hydrogen-bond donors (Lipinski definition) is 1. The molecular formula is C18H26N2O2. The highest BCUT2D eigenvalue weighted by atomic mass is 16.5. The molecule has 0 atom stereocenters. The fourth-order valence-corrected chi connectivity index (χ4v) is 3.60. The second kappa shape index (κ2) is 6.69. The molecule has 0 bridgehead atoms. The van der Waals surface area contributed by atoms with Crippen LogP contribution in [0.2, 0.25) is 0 Å². The van der Waals surface area contributed by atoms with E-state index >= 15 is 0 Å². The quantitative estimate of drug-likeness (QED) is 0.930. The summed E-state index contributed by atoms with van der Waals surface area (Å²) in [5.74, 6) is 0.945. The Hall–Kier alpha value is -1.55. The molecule has 22 heavy (non-hydrogen) atoms. The maximum absolute atomic E-state index is 12.8. The van der Waals surface area contributed by atoms with Crippen molar-refractivity contribution >= 4 is 5.91 Å². The third-order valence-electron chi connectivity index (χ3n) is 4.94. The SMILES string of the molecule is CCCOc1cccc(C(=O)N2CCC3(CCNCC3)C2)c1. The van der Waals surface area contributed by atoms with Crippen molar-refractivity contribution < 1.29 is 9.53 Å². The van der Waals surface area contributed by atoms with E-state index in [1.165, 1.54) is 12.8 Å². The summed E-state index contributed by atoms with van der Waals surface area (Å²) in [5.41, 5.74) is 1.11. The number of nitrogens with one attached hydrogen (secondary N) is 1. The molecule has 1 spiro atoms. The van der Waals surface area contributed by atoms with Crippen LogP contribution in [0.4, 0.5) is 0 Å². The average molecular weight is 302 g/mol. The Balaban J connectivity index is 1.66. The summed E-state index contributed by atoms with van der Waals surface area (Å²) < 4.78 is 5.64. The highest BCUT2D eigenvalue weighted by Gasteiger charge is 2.40. The Bertz CT molecular complexity index is 524. The Morgan fingerprint density at radius 1 is 1.32 bits per heavy atom. The lowest BCUT2D eigenvalue weighted by Gasteiger charge is -2.33. The zero-order chi connectivity index (χ0) is 15.4. The second-order valence-electron chi connectivity index (χ2n) is 6.60. The molecule has 1 aromatic carbocycles. The van der Waals surface area contributed by atoms with Gasteiger partial charge in [-0.25, -0.2) is 0 Å². The van der Waals surface area contributed by atoms with E-state index in [-0.39, 0.29) is 5.91 Å². The van der Waals surface area contributed by atoms with Gasteiger partial charge in [0.2, 0.25) is 0 Å². The number of hydrogen-bond acceptors (Lipinski definition) is 3. The zero-order valence-electron chi connectivity index (χ0n) is 13.4. The standard InChI is InChI=1S/C18H26N2O2/c1-2-12-22-16-5-3-4-15(13-16)17(21)20-11-8-18(14-20)6-9-19-10-7-18/h3-5,13,19H,2,6-12,14H2,1H3. The van der Waals surface area contributed by atoms with Crippen LogP contribution < -0.4 is 10.1 Å². The Labute approximate surface area is 132 Å². The average Bonchev–Trinajstić information content (AvgIpc) is 2.96. The molecule has 0 radical (unpaired) electrons. The molecule has 2 heterocycles. The molecule has 2 fully saturated rings. The Morgan fingerprint density at radius 2 is 2.14 bits per heavy atom. The number of nitrogens with zero attached hydrogens (tertiary/aromatic N) is 1. The molecule has 1 aromatic rings. The number of carbonyl (C=O) groups excluding carboxylic acids is 1. The summed E-state index contributed by atoms with van der Waals surface area (Å²) in [7, 11) is 0. The minimum absolute atomic E-state index is 0.150.